The van der Waals surface area contributed by atoms with E-state index in [0.717, 1.165) is 0 Å². The zero-order valence-electron chi connectivity index (χ0n) is 13.8. The monoisotopic (exact) mass is 269 g/mol. The summed E-state index contributed by atoms with van der Waals surface area (Å²) in [4.78, 5) is 3.78. The largest absolute Gasteiger partial charge is 0.265 e. The fraction of sp³-hybridized carbons (Fsp3) is 0.571. The third-order valence-electron chi connectivity index (χ3n) is 0.836. The molecule has 0 bridgehead atoms. The number of aromatic amines is 1. The second-order valence-electron chi connectivity index (χ2n) is 1.58. The first-order valence-electron chi connectivity index (χ1n) is 7.01. The van der Waals surface area contributed by atoms with Crippen molar-refractivity contribution in [1.82, 2.24) is 25.6 Å². The second-order valence-corrected chi connectivity index (χ2v) is 1.58. The number of aromatic nitrogens is 5. The van der Waals surface area contributed by atoms with Gasteiger partial charge in [-0.25, -0.2) is 0 Å². The van der Waals surface area contributed by atoms with Crippen molar-refractivity contribution in [3.63, 3.8) is 0 Å². The lowest BCUT2D eigenvalue weighted by molar-refractivity contribution is 0.881. The second kappa shape index (κ2) is 44.2. The molecule has 2 aromatic heterocycles. The Morgan fingerprint density at radius 3 is 1.26 bits per heavy atom. The van der Waals surface area contributed by atoms with Gasteiger partial charge in [0.05, 0.1) is 0 Å². The Kier molecular flexibility index (Phi) is 60.3. The Morgan fingerprint density at radius 1 is 0.684 bits per heavy atom. The van der Waals surface area contributed by atoms with Crippen molar-refractivity contribution < 1.29 is 0 Å². The number of hydrogen-bond acceptors (Lipinski definition) is 4. The van der Waals surface area contributed by atoms with Crippen LogP contribution < -0.4 is 0 Å². The van der Waals surface area contributed by atoms with Gasteiger partial charge in [0.25, 0.3) is 0 Å². The molecular formula is C14H31N5. The van der Waals surface area contributed by atoms with Crippen molar-refractivity contribution in [1.29, 1.82) is 0 Å². The van der Waals surface area contributed by atoms with Gasteiger partial charge in [-0.1, -0.05) is 66.7 Å². The van der Waals surface area contributed by atoms with Crippen molar-refractivity contribution >= 4 is 0 Å². The molecule has 0 saturated heterocycles. The highest BCUT2D eigenvalue weighted by atomic mass is 15.5. The van der Waals surface area contributed by atoms with Gasteiger partial charge >= 0.3 is 0 Å². The molecule has 0 aliphatic carbocycles. The van der Waals surface area contributed by atoms with Crippen LogP contribution >= 0.6 is 0 Å². The molecule has 0 aromatic carbocycles. The molecule has 0 saturated carbocycles. The molecule has 0 unspecified atom stereocenters. The minimum atomic E-state index is 1.33. The number of hydrogen-bond donors (Lipinski definition) is 1. The molecule has 5 heteroatoms. The van der Waals surface area contributed by atoms with Crippen molar-refractivity contribution in [2.45, 2.75) is 55.4 Å². The van der Waals surface area contributed by atoms with E-state index < -0.39 is 0 Å². The molecule has 0 radical (unpaired) electrons. The zero-order chi connectivity index (χ0) is 15.8. The van der Waals surface area contributed by atoms with Gasteiger partial charge in [-0.05, 0) is 12.1 Å². The Morgan fingerprint density at radius 2 is 1.16 bits per heavy atom. The van der Waals surface area contributed by atoms with Crippen LogP contribution in [0.3, 0.4) is 0 Å². The lowest BCUT2D eigenvalue weighted by Gasteiger charge is -1.70. The molecule has 112 valence electrons. The van der Waals surface area contributed by atoms with Gasteiger partial charge in [0.1, 0.15) is 0 Å². The molecule has 0 amide bonds. The van der Waals surface area contributed by atoms with Crippen molar-refractivity contribution in [2.75, 3.05) is 0 Å². The number of nitrogens with zero attached hydrogens (tertiary/aromatic N) is 4. The van der Waals surface area contributed by atoms with Crippen LogP contribution in [0.4, 0.5) is 0 Å². The first-order chi connectivity index (χ1) is 9.50. The Bertz CT molecular complexity index is 202. The maximum absolute atomic E-state index is 3.78. The summed E-state index contributed by atoms with van der Waals surface area (Å²) in [7, 11) is 0. The van der Waals surface area contributed by atoms with Gasteiger partial charge in [-0.2, -0.15) is 5.21 Å². The number of H-pyrrole nitrogens is 1. The summed E-state index contributed by atoms with van der Waals surface area (Å²) in [5.74, 6) is 0. The number of nitrogens with one attached hydrogen (secondary N) is 1. The highest BCUT2D eigenvalue weighted by molar-refractivity contribution is 4.88. The molecule has 0 spiro atoms. The fourth-order valence-corrected chi connectivity index (χ4v) is 0.442. The first kappa shape index (κ1) is 25.9. The van der Waals surface area contributed by atoms with Crippen molar-refractivity contribution in [3.8, 4) is 0 Å². The lowest BCUT2D eigenvalue weighted by atomic mass is 10.5. The molecule has 0 aliphatic rings. The van der Waals surface area contributed by atoms with Crippen LogP contribution in [0.2, 0.25) is 0 Å². The zero-order valence-corrected chi connectivity index (χ0v) is 13.8. The van der Waals surface area contributed by atoms with E-state index in [1.54, 1.807) is 12.4 Å². The summed E-state index contributed by atoms with van der Waals surface area (Å²) < 4.78 is 0. The minimum Gasteiger partial charge on any atom is -0.265 e. The van der Waals surface area contributed by atoms with Gasteiger partial charge in [-0.3, -0.25) is 4.98 Å². The maximum atomic E-state index is 3.78. The molecule has 19 heavy (non-hydrogen) atoms. The summed E-state index contributed by atoms with van der Waals surface area (Å²) in [6, 6.07) is 5.72. The van der Waals surface area contributed by atoms with Gasteiger partial charge in [-0.15, -0.1) is 10.2 Å². The Balaban J connectivity index is -0.0000000790. The summed E-state index contributed by atoms with van der Waals surface area (Å²) in [6.07, 6.45) is 4.83. The molecule has 0 aliphatic heterocycles. The summed E-state index contributed by atoms with van der Waals surface area (Å²) in [5, 5.41) is 12.2. The first-order valence-corrected chi connectivity index (χ1v) is 7.01. The Hall–Kier alpha value is -1.78. The van der Waals surface area contributed by atoms with Crippen LogP contribution in [-0.2, 0) is 0 Å². The quantitative estimate of drug-likeness (QED) is 0.770. The smallest absolute Gasteiger partial charge is 0.161 e. The van der Waals surface area contributed by atoms with Crippen LogP contribution in [0.1, 0.15) is 55.4 Å². The highest BCUT2D eigenvalue weighted by Gasteiger charge is 1.59. The predicted molar refractivity (Wildman–Crippen MR) is 83.8 cm³/mol. The van der Waals surface area contributed by atoms with E-state index >= 15 is 0 Å². The molecule has 0 atom stereocenters. The summed E-state index contributed by atoms with van der Waals surface area (Å²) in [6.45, 7) is 16.0. The fourth-order valence-electron chi connectivity index (χ4n) is 0.442. The minimum absolute atomic E-state index is 1.33. The van der Waals surface area contributed by atoms with Crippen LogP contribution in [0.5, 0.6) is 0 Å². The van der Waals surface area contributed by atoms with Crippen LogP contribution in [0.25, 0.3) is 0 Å². The SMILES string of the molecule is CC.CC.CC.CC.c1ccncc1.c1nn[nH]n1. The Labute approximate surface area is 118 Å². The van der Waals surface area contributed by atoms with Gasteiger partial charge < -0.3 is 0 Å². The standard InChI is InChI=1S/C5H5N.4C2H6.CH2N4/c1-2-4-6-5-3-1;4*1-2;1-2-4-5-3-1/h1-5H;4*1-2H3;1H,(H,2,3,4,5). The van der Waals surface area contributed by atoms with Crippen molar-refractivity contribution in [3.05, 3.63) is 36.9 Å². The number of rotatable bonds is 0. The predicted octanol–water partition coefficient (Wildman–Crippen LogP) is 4.39. The molecule has 2 aromatic rings. The normalized spacial score (nSPS) is 5.89. The van der Waals surface area contributed by atoms with Gasteiger partial charge in [0.15, 0.2) is 6.33 Å². The molecule has 1 N–H and O–H groups in total. The molecular weight excluding hydrogens is 238 g/mol. The average Bonchev–Trinajstić information content (AvgIpc) is 3.16. The molecule has 0 fully saturated rings. The van der Waals surface area contributed by atoms with Crippen molar-refractivity contribution in [2.24, 2.45) is 0 Å². The van der Waals surface area contributed by atoms with Crippen LogP contribution in [-0.4, -0.2) is 25.6 Å². The maximum Gasteiger partial charge on any atom is 0.161 e. The van der Waals surface area contributed by atoms with E-state index in [4.69, 9.17) is 0 Å². The summed E-state index contributed by atoms with van der Waals surface area (Å²) in [5.41, 5.74) is 0. The van der Waals surface area contributed by atoms with E-state index in [-0.39, 0.29) is 0 Å². The van der Waals surface area contributed by atoms with E-state index in [9.17, 15) is 0 Å². The van der Waals surface area contributed by atoms with E-state index in [0.29, 0.717) is 0 Å². The van der Waals surface area contributed by atoms with Crippen LogP contribution in [0.15, 0.2) is 36.9 Å². The van der Waals surface area contributed by atoms with Crippen LogP contribution in [0, 0.1) is 0 Å². The van der Waals surface area contributed by atoms with Gasteiger partial charge in [0.2, 0.25) is 0 Å². The van der Waals surface area contributed by atoms with Gasteiger partial charge in [0, 0.05) is 12.4 Å². The molecule has 2 rings (SSSR count). The third kappa shape index (κ3) is 38.6. The lowest BCUT2D eigenvalue weighted by Crippen LogP contribution is -1.64. The number of pyridine rings is 1. The highest BCUT2D eigenvalue weighted by Crippen LogP contribution is 1.73. The molecule has 2 heterocycles. The average molecular weight is 269 g/mol. The van der Waals surface area contributed by atoms with E-state index in [1.807, 2.05) is 73.6 Å². The number of tetrazole rings is 1. The van der Waals surface area contributed by atoms with E-state index in [1.165, 1.54) is 6.33 Å². The molecule has 5 nitrogen and oxygen atoms in total. The summed E-state index contributed by atoms with van der Waals surface area (Å²) >= 11 is 0. The van der Waals surface area contributed by atoms with E-state index in [2.05, 4.69) is 25.6 Å². The third-order valence-corrected chi connectivity index (χ3v) is 0.836. The topological polar surface area (TPSA) is 67.3 Å².